The minimum Gasteiger partial charge on any atom is -0.497 e. The van der Waals surface area contributed by atoms with Gasteiger partial charge in [0.25, 0.3) is 0 Å². The molecule has 1 aromatic rings. The second-order valence-electron chi connectivity index (χ2n) is 6.62. The monoisotopic (exact) mass is 321 g/mol. The zero-order valence-corrected chi connectivity index (χ0v) is 14.1. The van der Waals surface area contributed by atoms with Crippen LogP contribution in [0.1, 0.15) is 38.7 Å². The number of carbonyl (C=O) groups is 2. The normalized spacial score (nSPS) is 22.9. The van der Waals surface area contributed by atoms with Crippen LogP contribution in [-0.2, 0) is 14.3 Å². The Kier molecular flexibility index (Phi) is 4.54. The number of carbonyl (C=O) groups excluding carboxylic acids is 2. The standard InChI is InChI=1S/C17H23NO5/c1-16(2,3)23-15(20)18-17(14(19)22-5)10-13(17)11-6-8-12(21-4)9-7-11/h6-9,13H,10H2,1-5H3,(H,18,20)/t13-,17-/m1/s1. The van der Waals surface area contributed by atoms with E-state index in [1.165, 1.54) is 7.11 Å². The maximum Gasteiger partial charge on any atom is 0.408 e. The number of amides is 1. The van der Waals surface area contributed by atoms with Crippen molar-refractivity contribution in [1.29, 1.82) is 0 Å². The summed E-state index contributed by atoms with van der Waals surface area (Å²) in [6.45, 7) is 5.31. The van der Waals surface area contributed by atoms with Crippen molar-refractivity contribution in [3.63, 3.8) is 0 Å². The van der Waals surface area contributed by atoms with Gasteiger partial charge in [-0.15, -0.1) is 0 Å². The summed E-state index contributed by atoms with van der Waals surface area (Å²) in [5.74, 6) is 0.121. The van der Waals surface area contributed by atoms with E-state index >= 15 is 0 Å². The van der Waals surface area contributed by atoms with Crippen molar-refractivity contribution in [2.45, 2.75) is 44.2 Å². The summed E-state index contributed by atoms with van der Waals surface area (Å²) in [7, 11) is 2.90. The molecule has 0 heterocycles. The summed E-state index contributed by atoms with van der Waals surface area (Å²) >= 11 is 0. The van der Waals surface area contributed by atoms with Gasteiger partial charge in [0, 0.05) is 5.92 Å². The Balaban J connectivity index is 2.16. The van der Waals surface area contributed by atoms with Crippen molar-refractivity contribution in [2.24, 2.45) is 0 Å². The van der Waals surface area contributed by atoms with Crippen molar-refractivity contribution >= 4 is 12.1 Å². The first-order valence-electron chi connectivity index (χ1n) is 7.45. The molecule has 23 heavy (non-hydrogen) atoms. The number of hydrogen-bond acceptors (Lipinski definition) is 5. The zero-order chi connectivity index (χ0) is 17.3. The number of ether oxygens (including phenoxy) is 3. The molecule has 0 unspecified atom stereocenters. The van der Waals surface area contributed by atoms with Gasteiger partial charge in [-0.1, -0.05) is 12.1 Å². The van der Waals surface area contributed by atoms with Crippen LogP contribution in [0.2, 0.25) is 0 Å². The summed E-state index contributed by atoms with van der Waals surface area (Å²) < 4.78 is 15.3. The molecule has 0 spiro atoms. The van der Waals surface area contributed by atoms with Gasteiger partial charge in [-0.2, -0.15) is 0 Å². The van der Waals surface area contributed by atoms with Gasteiger partial charge in [-0.3, -0.25) is 0 Å². The van der Waals surface area contributed by atoms with Crippen LogP contribution in [0.5, 0.6) is 5.75 Å². The molecule has 1 aliphatic carbocycles. The number of alkyl carbamates (subject to hydrolysis) is 1. The van der Waals surface area contributed by atoms with Crippen molar-refractivity contribution in [1.82, 2.24) is 5.32 Å². The Morgan fingerprint density at radius 1 is 1.17 bits per heavy atom. The Labute approximate surface area is 136 Å². The molecule has 0 aromatic heterocycles. The van der Waals surface area contributed by atoms with Gasteiger partial charge in [0.15, 0.2) is 0 Å². The number of esters is 1. The summed E-state index contributed by atoms with van der Waals surface area (Å²) in [6, 6.07) is 7.41. The predicted octanol–water partition coefficient (Wildman–Crippen LogP) is 2.62. The highest BCUT2D eigenvalue weighted by atomic mass is 16.6. The summed E-state index contributed by atoms with van der Waals surface area (Å²) in [5, 5.41) is 2.68. The summed E-state index contributed by atoms with van der Waals surface area (Å²) in [4.78, 5) is 24.2. The van der Waals surface area contributed by atoms with E-state index < -0.39 is 23.2 Å². The van der Waals surface area contributed by atoms with E-state index in [9.17, 15) is 9.59 Å². The van der Waals surface area contributed by atoms with E-state index in [2.05, 4.69) is 5.32 Å². The summed E-state index contributed by atoms with van der Waals surface area (Å²) in [5.41, 5.74) is -0.760. The van der Waals surface area contributed by atoms with E-state index in [1.807, 2.05) is 24.3 Å². The SMILES string of the molecule is COC(=O)[C@@]1(NC(=O)OC(C)(C)C)C[C@@H]1c1ccc(OC)cc1. The fraction of sp³-hybridized carbons (Fsp3) is 0.529. The topological polar surface area (TPSA) is 73.9 Å². The molecule has 6 heteroatoms. The number of methoxy groups -OCH3 is 2. The summed E-state index contributed by atoms with van der Waals surface area (Å²) in [6.07, 6.45) is -0.149. The Morgan fingerprint density at radius 2 is 1.78 bits per heavy atom. The lowest BCUT2D eigenvalue weighted by atomic mass is 10.1. The van der Waals surface area contributed by atoms with Gasteiger partial charge in [-0.25, -0.2) is 9.59 Å². The molecule has 0 bridgehead atoms. The van der Waals surface area contributed by atoms with Gasteiger partial charge < -0.3 is 19.5 Å². The van der Waals surface area contributed by atoms with Gasteiger partial charge in [-0.05, 0) is 44.9 Å². The molecular weight excluding hydrogens is 298 g/mol. The van der Waals surface area contributed by atoms with Crippen molar-refractivity contribution in [3.8, 4) is 5.75 Å². The van der Waals surface area contributed by atoms with Crippen molar-refractivity contribution in [2.75, 3.05) is 14.2 Å². The smallest absolute Gasteiger partial charge is 0.408 e. The molecular formula is C17H23NO5. The van der Waals surface area contributed by atoms with Crippen LogP contribution in [-0.4, -0.2) is 37.4 Å². The molecule has 1 N–H and O–H groups in total. The molecule has 126 valence electrons. The third kappa shape index (κ3) is 3.75. The molecule has 6 nitrogen and oxygen atoms in total. The van der Waals surface area contributed by atoms with Crippen molar-refractivity contribution in [3.05, 3.63) is 29.8 Å². The van der Waals surface area contributed by atoms with Gasteiger partial charge in [0.1, 0.15) is 16.9 Å². The highest BCUT2D eigenvalue weighted by molar-refractivity contribution is 5.91. The average molecular weight is 321 g/mol. The highest BCUT2D eigenvalue weighted by Crippen LogP contribution is 2.52. The predicted molar refractivity (Wildman–Crippen MR) is 84.5 cm³/mol. The number of hydrogen-bond donors (Lipinski definition) is 1. The van der Waals surface area contributed by atoms with Crippen LogP contribution in [0.4, 0.5) is 4.79 Å². The number of rotatable bonds is 4. The lowest BCUT2D eigenvalue weighted by molar-refractivity contribution is -0.144. The maximum atomic E-state index is 12.2. The quantitative estimate of drug-likeness (QED) is 0.863. The molecule has 1 aromatic carbocycles. The molecule has 1 saturated carbocycles. The minimum absolute atomic E-state index is 0.145. The van der Waals surface area contributed by atoms with E-state index in [0.717, 1.165) is 11.3 Å². The van der Waals surface area contributed by atoms with Crippen molar-refractivity contribution < 1.29 is 23.8 Å². The average Bonchev–Trinajstić information content (AvgIpc) is 3.19. The second kappa shape index (κ2) is 6.10. The van der Waals surface area contributed by atoms with Crippen LogP contribution in [0.3, 0.4) is 0 Å². The first kappa shape index (κ1) is 17.1. The first-order chi connectivity index (χ1) is 10.7. The van der Waals surface area contributed by atoms with Crippen LogP contribution < -0.4 is 10.1 Å². The second-order valence-corrected chi connectivity index (χ2v) is 6.62. The molecule has 0 saturated heterocycles. The Morgan fingerprint density at radius 3 is 2.26 bits per heavy atom. The van der Waals surface area contributed by atoms with Gasteiger partial charge in [0.2, 0.25) is 0 Å². The minimum atomic E-state index is -1.06. The molecule has 0 radical (unpaired) electrons. The first-order valence-corrected chi connectivity index (χ1v) is 7.45. The molecule has 2 rings (SSSR count). The van der Waals surface area contributed by atoms with Gasteiger partial charge >= 0.3 is 12.1 Å². The van der Waals surface area contributed by atoms with Gasteiger partial charge in [0.05, 0.1) is 14.2 Å². The lowest BCUT2D eigenvalue weighted by Crippen LogP contribution is -2.47. The number of nitrogens with one attached hydrogen (secondary N) is 1. The largest absolute Gasteiger partial charge is 0.497 e. The van der Waals surface area contributed by atoms with E-state index in [0.29, 0.717) is 6.42 Å². The van der Waals surface area contributed by atoms with E-state index in [-0.39, 0.29) is 5.92 Å². The molecule has 1 fully saturated rings. The molecule has 1 aliphatic rings. The van der Waals surface area contributed by atoms with Crippen LogP contribution >= 0.6 is 0 Å². The van der Waals surface area contributed by atoms with E-state index in [1.54, 1.807) is 27.9 Å². The molecule has 1 amide bonds. The third-order valence-electron chi connectivity index (χ3n) is 3.75. The fourth-order valence-corrected chi connectivity index (χ4v) is 2.58. The van der Waals surface area contributed by atoms with Crippen LogP contribution in [0.25, 0.3) is 0 Å². The maximum absolute atomic E-state index is 12.2. The molecule has 0 aliphatic heterocycles. The lowest BCUT2D eigenvalue weighted by Gasteiger charge is -2.23. The fourth-order valence-electron chi connectivity index (χ4n) is 2.58. The Bertz CT molecular complexity index is 590. The molecule has 2 atom stereocenters. The van der Waals surface area contributed by atoms with E-state index in [4.69, 9.17) is 14.2 Å². The Hall–Kier alpha value is -2.24. The van der Waals surface area contributed by atoms with Crippen LogP contribution in [0.15, 0.2) is 24.3 Å². The van der Waals surface area contributed by atoms with Crippen LogP contribution in [0, 0.1) is 0 Å². The zero-order valence-electron chi connectivity index (χ0n) is 14.1. The third-order valence-corrected chi connectivity index (χ3v) is 3.75. The number of benzene rings is 1. The highest BCUT2D eigenvalue weighted by Gasteiger charge is 2.63.